The quantitative estimate of drug-likeness (QED) is 0.728. The highest BCUT2D eigenvalue weighted by Gasteiger charge is 2.23. The van der Waals surface area contributed by atoms with Crippen LogP contribution >= 0.6 is 0 Å². The van der Waals surface area contributed by atoms with Crippen LogP contribution in [0.1, 0.15) is 63.9 Å². The van der Waals surface area contributed by atoms with E-state index in [4.69, 9.17) is 4.74 Å². The second kappa shape index (κ2) is 7.47. The average Bonchev–Trinajstić information content (AvgIpc) is 2.49. The Labute approximate surface area is 122 Å². The third-order valence-electron chi connectivity index (χ3n) is 4.31. The number of esters is 1. The van der Waals surface area contributed by atoms with Gasteiger partial charge in [-0.3, -0.25) is 4.79 Å². The fourth-order valence-corrected chi connectivity index (χ4v) is 3.01. The molecule has 0 N–H and O–H groups in total. The van der Waals surface area contributed by atoms with E-state index >= 15 is 0 Å². The first-order valence-corrected chi connectivity index (χ1v) is 7.92. The Morgan fingerprint density at radius 3 is 2.45 bits per heavy atom. The van der Waals surface area contributed by atoms with Gasteiger partial charge in [0.15, 0.2) is 0 Å². The summed E-state index contributed by atoms with van der Waals surface area (Å²) in [6, 6.07) is 10.4. The molecule has 2 nitrogen and oxygen atoms in total. The van der Waals surface area contributed by atoms with Crippen molar-refractivity contribution in [2.24, 2.45) is 5.92 Å². The molecular formula is C18H26O2. The number of hydrogen-bond acceptors (Lipinski definition) is 2. The molecule has 1 aliphatic carbocycles. The minimum absolute atomic E-state index is 0.0142. The molecule has 1 aromatic carbocycles. The lowest BCUT2D eigenvalue weighted by molar-refractivity contribution is -0.155. The molecule has 1 aromatic rings. The van der Waals surface area contributed by atoms with E-state index in [9.17, 15) is 4.79 Å². The summed E-state index contributed by atoms with van der Waals surface area (Å²) in [5.74, 6) is 0.358. The van der Waals surface area contributed by atoms with Crippen molar-refractivity contribution >= 4 is 5.97 Å². The zero-order valence-corrected chi connectivity index (χ0v) is 12.7. The molecule has 110 valence electrons. The van der Waals surface area contributed by atoms with Crippen LogP contribution in [-0.4, -0.2) is 12.1 Å². The van der Waals surface area contributed by atoms with Crippen molar-refractivity contribution in [2.45, 2.75) is 64.4 Å². The molecule has 2 rings (SSSR count). The van der Waals surface area contributed by atoms with Gasteiger partial charge in [-0.25, -0.2) is 0 Å². The molecule has 1 aliphatic rings. The van der Waals surface area contributed by atoms with Gasteiger partial charge in [0.1, 0.15) is 6.10 Å². The average molecular weight is 274 g/mol. The van der Waals surface area contributed by atoms with Crippen LogP contribution < -0.4 is 0 Å². The molecule has 20 heavy (non-hydrogen) atoms. The van der Waals surface area contributed by atoms with E-state index in [-0.39, 0.29) is 18.0 Å². The molecule has 0 saturated heterocycles. The van der Waals surface area contributed by atoms with Gasteiger partial charge in [0.05, 0.1) is 5.92 Å². The SMILES string of the molecule is CC(CC(C)c1ccccc1)C(=O)OC1CCCCC1. The highest BCUT2D eigenvalue weighted by atomic mass is 16.5. The molecule has 0 spiro atoms. The monoisotopic (exact) mass is 274 g/mol. The van der Waals surface area contributed by atoms with Crippen molar-refractivity contribution < 1.29 is 9.53 Å². The molecule has 0 bridgehead atoms. The number of benzene rings is 1. The number of ether oxygens (including phenoxy) is 1. The summed E-state index contributed by atoms with van der Waals surface area (Å²) in [5, 5.41) is 0. The third kappa shape index (κ3) is 4.36. The van der Waals surface area contributed by atoms with Gasteiger partial charge >= 0.3 is 5.97 Å². The summed E-state index contributed by atoms with van der Waals surface area (Å²) in [5.41, 5.74) is 1.30. The Balaban J connectivity index is 1.81. The summed E-state index contributed by atoms with van der Waals surface area (Å²) in [4.78, 5) is 12.2. The van der Waals surface area contributed by atoms with E-state index in [0.717, 1.165) is 19.3 Å². The summed E-state index contributed by atoms with van der Waals surface area (Å²) in [6.45, 7) is 4.17. The van der Waals surface area contributed by atoms with Gasteiger partial charge in [0.25, 0.3) is 0 Å². The van der Waals surface area contributed by atoms with Gasteiger partial charge in [-0.2, -0.15) is 0 Å². The third-order valence-corrected chi connectivity index (χ3v) is 4.31. The summed E-state index contributed by atoms with van der Waals surface area (Å²) in [6.07, 6.45) is 6.81. The van der Waals surface area contributed by atoms with E-state index in [2.05, 4.69) is 31.2 Å². The number of rotatable bonds is 5. The second-order valence-electron chi connectivity index (χ2n) is 6.15. The first kappa shape index (κ1) is 15.1. The molecule has 0 radical (unpaired) electrons. The summed E-state index contributed by atoms with van der Waals surface area (Å²) >= 11 is 0. The van der Waals surface area contributed by atoms with Crippen molar-refractivity contribution in [1.29, 1.82) is 0 Å². The fourth-order valence-electron chi connectivity index (χ4n) is 3.01. The molecular weight excluding hydrogens is 248 g/mol. The van der Waals surface area contributed by atoms with Crippen LogP contribution in [0.15, 0.2) is 30.3 Å². The maximum absolute atomic E-state index is 12.2. The Bertz CT molecular complexity index is 407. The second-order valence-corrected chi connectivity index (χ2v) is 6.15. The molecule has 0 aliphatic heterocycles. The fraction of sp³-hybridized carbons (Fsp3) is 0.611. The van der Waals surface area contributed by atoms with Crippen molar-refractivity contribution in [3.8, 4) is 0 Å². The first-order chi connectivity index (χ1) is 9.66. The van der Waals surface area contributed by atoms with E-state index < -0.39 is 0 Å². The lowest BCUT2D eigenvalue weighted by atomic mass is 9.91. The molecule has 2 atom stereocenters. The molecule has 0 amide bonds. The van der Waals surface area contributed by atoms with E-state index in [1.807, 2.05) is 13.0 Å². The van der Waals surface area contributed by atoms with Crippen LogP contribution in [0.25, 0.3) is 0 Å². The van der Waals surface area contributed by atoms with Gasteiger partial charge in [-0.15, -0.1) is 0 Å². The minimum Gasteiger partial charge on any atom is -0.462 e. The molecule has 1 saturated carbocycles. The molecule has 1 fully saturated rings. The lowest BCUT2D eigenvalue weighted by Crippen LogP contribution is -2.25. The van der Waals surface area contributed by atoms with Crippen LogP contribution in [0.3, 0.4) is 0 Å². The Morgan fingerprint density at radius 1 is 1.15 bits per heavy atom. The highest BCUT2D eigenvalue weighted by molar-refractivity contribution is 5.72. The van der Waals surface area contributed by atoms with Gasteiger partial charge in [-0.05, 0) is 43.6 Å². The normalized spacial score (nSPS) is 19.3. The maximum atomic E-state index is 12.2. The molecule has 0 heterocycles. The summed E-state index contributed by atoms with van der Waals surface area (Å²) in [7, 11) is 0. The zero-order valence-electron chi connectivity index (χ0n) is 12.7. The largest absolute Gasteiger partial charge is 0.462 e. The first-order valence-electron chi connectivity index (χ1n) is 7.92. The molecule has 2 heteroatoms. The topological polar surface area (TPSA) is 26.3 Å². The van der Waals surface area contributed by atoms with Crippen LogP contribution in [0, 0.1) is 5.92 Å². The van der Waals surface area contributed by atoms with Crippen LogP contribution in [0.2, 0.25) is 0 Å². The minimum atomic E-state index is -0.0212. The Hall–Kier alpha value is -1.31. The van der Waals surface area contributed by atoms with Gasteiger partial charge in [-0.1, -0.05) is 50.6 Å². The Kier molecular flexibility index (Phi) is 5.63. The van der Waals surface area contributed by atoms with Gasteiger partial charge in [0, 0.05) is 0 Å². The Morgan fingerprint density at radius 2 is 1.80 bits per heavy atom. The van der Waals surface area contributed by atoms with Crippen LogP contribution in [0.5, 0.6) is 0 Å². The van der Waals surface area contributed by atoms with Crippen LogP contribution in [0.4, 0.5) is 0 Å². The smallest absolute Gasteiger partial charge is 0.308 e. The van der Waals surface area contributed by atoms with Gasteiger partial charge in [0.2, 0.25) is 0 Å². The van der Waals surface area contributed by atoms with Crippen LogP contribution in [-0.2, 0) is 9.53 Å². The van der Waals surface area contributed by atoms with Crippen molar-refractivity contribution in [3.63, 3.8) is 0 Å². The van der Waals surface area contributed by atoms with E-state index in [1.54, 1.807) is 0 Å². The van der Waals surface area contributed by atoms with E-state index in [1.165, 1.54) is 24.8 Å². The zero-order chi connectivity index (χ0) is 14.4. The maximum Gasteiger partial charge on any atom is 0.308 e. The van der Waals surface area contributed by atoms with Crippen molar-refractivity contribution in [3.05, 3.63) is 35.9 Å². The number of carbonyl (C=O) groups excluding carboxylic acids is 1. The standard InChI is InChI=1S/C18H26O2/c1-14(16-9-5-3-6-10-16)13-15(2)18(19)20-17-11-7-4-8-12-17/h3,5-6,9-10,14-15,17H,4,7-8,11-13H2,1-2H3. The van der Waals surface area contributed by atoms with Crippen molar-refractivity contribution in [1.82, 2.24) is 0 Å². The lowest BCUT2D eigenvalue weighted by Gasteiger charge is -2.24. The van der Waals surface area contributed by atoms with Crippen molar-refractivity contribution in [2.75, 3.05) is 0 Å². The molecule has 2 unspecified atom stereocenters. The number of carbonyl (C=O) groups is 1. The highest BCUT2D eigenvalue weighted by Crippen LogP contribution is 2.26. The summed E-state index contributed by atoms with van der Waals surface area (Å²) < 4.78 is 5.65. The predicted octanol–water partition coefficient (Wildman–Crippen LogP) is 4.69. The van der Waals surface area contributed by atoms with Gasteiger partial charge < -0.3 is 4.74 Å². The van der Waals surface area contributed by atoms with E-state index in [0.29, 0.717) is 5.92 Å². The number of hydrogen-bond donors (Lipinski definition) is 0. The predicted molar refractivity (Wildman–Crippen MR) is 81.6 cm³/mol. The molecule has 0 aromatic heterocycles.